The van der Waals surface area contributed by atoms with Gasteiger partial charge in [-0.05, 0) is 19.9 Å². The van der Waals surface area contributed by atoms with Gasteiger partial charge in [-0.3, -0.25) is 4.79 Å². The van der Waals surface area contributed by atoms with Crippen molar-refractivity contribution in [3.8, 4) is 11.5 Å². The van der Waals surface area contributed by atoms with Crippen LogP contribution in [0.5, 0.6) is 0 Å². The molecule has 0 aliphatic carbocycles. The maximum Gasteiger partial charge on any atom is 0.339 e. The minimum Gasteiger partial charge on any atom is -0.462 e. The predicted octanol–water partition coefficient (Wildman–Crippen LogP) is 2.09. The summed E-state index contributed by atoms with van der Waals surface area (Å²) in [6.07, 6.45) is 0. The van der Waals surface area contributed by atoms with Gasteiger partial charge in [-0.2, -0.15) is 0 Å². The highest BCUT2D eigenvalue weighted by atomic mass is 28.3. The largest absolute Gasteiger partial charge is 0.462 e. The number of H-pyrrole nitrogens is 1. The normalized spacial score (nSPS) is 10.6. The van der Waals surface area contributed by atoms with Crippen LogP contribution in [0.1, 0.15) is 28.5 Å². The summed E-state index contributed by atoms with van der Waals surface area (Å²) in [5, 5.41) is 0. The smallest absolute Gasteiger partial charge is 0.339 e. The first kappa shape index (κ1) is 15.3. The van der Waals surface area contributed by atoms with Gasteiger partial charge in [0.25, 0.3) is 5.56 Å². The second-order valence-electron chi connectivity index (χ2n) is 5.27. The van der Waals surface area contributed by atoms with Crippen molar-refractivity contribution in [3.05, 3.63) is 33.2 Å². The van der Waals surface area contributed by atoms with Gasteiger partial charge in [0, 0.05) is 5.69 Å². The third-order valence-electron chi connectivity index (χ3n) is 2.31. The highest BCUT2D eigenvalue weighted by Gasteiger charge is 2.13. The Kier molecular flexibility index (Phi) is 4.73. The van der Waals surface area contributed by atoms with Crippen LogP contribution < -0.4 is 5.56 Å². The average Bonchev–Trinajstić information content (AvgIpc) is 2.26. The van der Waals surface area contributed by atoms with Crippen molar-refractivity contribution in [2.24, 2.45) is 0 Å². The molecule has 1 heterocycles. The Bertz CT molecular complexity index is 600. The topological polar surface area (TPSA) is 59.2 Å². The molecular weight excluding hydrogens is 258 g/mol. The van der Waals surface area contributed by atoms with Crippen LogP contribution in [-0.2, 0) is 4.74 Å². The van der Waals surface area contributed by atoms with E-state index in [0.29, 0.717) is 23.4 Å². The molecule has 0 spiro atoms. The lowest BCUT2D eigenvalue weighted by Gasteiger charge is -2.06. The Morgan fingerprint density at radius 3 is 2.58 bits per heavy atom. The molecular formula is C14H19NO3Si. The number of aromatic amines is 1. The summed E-state index contributed by atoms with van der Waals surface area (Å²) in [5.74, 6) is 2.44. The summed E-state index contributed by atoms with van der Waals surface area (Å²) in [4.78, 5) is 26.2. The van der Waals surface area contributed by atoms with Gasteiger partial charge in [-0.1, -0.05) is 25.6 Å². The number of aryl methyl sites for hydroxylation is 1. The standard InChI is InChI=1S/C14H19NO3Si/c1-6-18-14(17)12-9-11(7-8-19(3,4)5)13(16)15-10(12)2/h9H,6H2,1-5H3,(H,15,16). The van der Waals surface area contributed by atoms with Crippen molar-refractivity contribution in [1.82, 2.24) is 4.98 Å². The van der Waals surface area contributed by atoms with Gasteiger partial charge < -0.3 is 9.72 Å². The first-order valence-electron chi connectivity index (χ1n) is 6.19. The lowest BCUT2D eigenvalue weighted by atomic mass is 10.1. The third-order valence-corrected chi connectivity index (χ3v) is 3.18. The molecule has 0 radical (unpaired) electrons. The van der Waals surface area contributed by atoms with Crippen molar-refractivity contribution in [1.29, 1.82) is 0 Å². The van der Waals surface area contributed by atoms with E-state index in [1.807, 2.05) is 0 Å². The van der Waals surface area contributed by atoms with Crippen LogP contribution in [-0.4, -0.2) is 25.6 Å². The van der Waals surface area contributed by atoms with E-state index in [-0.39, 0.29) is 5.56 Å². The Morgan fingerprint density at radius 1 is 1.42 bits per heavy atom. The number of rotatable bonds is 2. The second-order valence-corrected chi connectivity index (χ2v) is 10.0. The number of hydrogen-bond acceptors (Lipinski definition) is 3. The van der Waals surface area contributed by atoms with Crippen molar-refractivity contribution < 1.29 is 9.53 Å². The zero-order chi connectivity index (χ0) is 14.6. The molecule has 5 heteroatoms. The van der Waals surface area contributed by atoms with Crippen LogP contribution in [0.25, 0.3) is 0 Å². The maximum absolute atomic E-state index is 11.8. The summed E-state index contributed by atoms with van der Waals surface area (Å²) >= 11 is 0. The fraction of sp³-hybridized carbons (Fsp3) is 0.429. The monoisotopic (exact) mass is 277 g/mol. The quantitative estimate of drug-likeness (QED) is 0.511. The molecule has 0 aromatic carbocycles. The Hall–Kier alpha value is -1.80. The van der Waals surface area contributed by atoms with E-state index < -0.39 is 14.0 Å². The molecule has 0 unspecified atom stereocenters. The van der Waals surface area contributed by atoms with E-state index in [1.165, 1.54) is 6.07 Å². The summed E-state index contributed by atoms with van der Waals surface area (Å²) in [5.41, 5.74) is 4.03. The summed E-state index contributed by atoms with van der Waals surface area (Å²) in [6.45, 7) is 9.99. The van der Waals surface area contributed by atoms with Crippen LogP contribution in [0.4, 0.5) is 0 Å². The van der Waals surface area contributed by atoms with Gasteiger partial charge in [-0.25, -0.2) is 4.79 Å². The minimum absolute atomic E-state index is 0.267. The molecule has 1 aromatic heterocycles. The number of carbonyl (C=O) groups is 1. The predicted molar refractivity (Wildman–Crippen MR) is 78.0 cm³/mol. The first-order chi connectivity index (χ1) is 8.74. The molecule has 0 amide bonds. The highest BCUT2D eigenvalue weighted by Crippen LogP contribution is 2.07. The summed E-state index contributed by atoms with van der Waals surface area (Å²) in [6, 6.07) is 1.51. The Morgan fingerprint density at radius 2 is 2.05 bits per heavy atom. The lowest BCUT2D eigenvalue weighted by Crippen LogP contribution is -2.19. The number of nitrogens with one attached hydrogen (secondary N) is 1. The van der Waals surface area contributed by atoms with Gasteiger partial charge in [0.2, 0.25) is 0 Å². The molecule has 0 saturated carbocycles. The van der Waals surface area contributed by atoms with E-state index >= 15 is 0 Å². The van der Waals surface area contributed by atoms with Crippen molar-refractivity contribution in [2.75, 3.05) is 6.61 Å². The fourth-order valence-corrected chi connectivity index (χ4v) is 1.90. The minimum atomic E-state index is -1.57. The molecule has 19 heavy (non-hydrogen) atoms. The van der Waals surface area contributed by atoms with Crippen LogP contribution in [0, 0.1) is 18.4 Å². The van der Waals surface area contributed by atoms with Crippen LogP contribution in [0.15, 0.2) is 10.9 Å². The van der Waals surface area contributed by atoms with Crippen LogP contribution in [0.3, 0.4) is 0 Å². The molecule has 0 atom stereocenters. The van der Waals surface area contributed by atoms with E-state index in [1.54, 1.807) is 13.8 Å². The fourth-order valence-electron chi connectivity index (χ4n) is 1.39. The van der Waals surface area contributed by atoms with Crippen molar-refractivity contribution in [3.63, 3.8) is 0 Å². The maximum atomic E-state index is 11.8. The van der Waals surface area contributed by atoms with Gasteiger partial charge >= 0.3 is 5.97 Å². The van der Waals surface area contributed by atoms with Gasteiger partial charge in [0.05, 0.1) is 17.7 Å². The van der Waals surface area contributed by atoms with E-state index in [2.05, 4.69) is 36.1 Å². The van der Waals surface area contributed by atoms with E-state index in [0.717, 1.165) is 0 Å². The molecule has 0 fully saturated rings. The molecule has 0 aliphatic rings. The molecule has 0 aliphatic heterocycles. The average molecular weight is 277 g/mol. The molecule has 4 nitrogen and oxygen atoms in total. The number of pyridine rings is 1. The SMILES string of the molecule is CCOC(=O)c1cc(C#C[Si](C)(C)C)c(=O)[nH]c1C. The Balaban J connectivity index is 3.27. The molecule has 1 rings (SSSR count). The Labute approximate surface area is 114 Å². The van der Waals surface area contributed by atoms with Crippen LogP contribution in [0.2, 0.25) is 19.6 Å². The van der Waals surface area contributed by atoms with Crippen LogP contribution >= 0.6 is 0 Å². The van der Waals surface area contributed by atoms with E-state index in [9.17, 15) is 9.59 Å². The van der Waals surface area contributed by atoms with Gasteiger partial charge in [0.15, 0.2) is 0 Å². The second kappa shape index (κ2) is 5.89. The van der Waals surface area contributed by atoms with E-state index in [4.69, 9.17) is 4.74 Å². The van der Waals surface area contributed by atoms with Crippen molar-refractivity contribution >= 4 is 14.0 Å². The highest BCUT2D eigenvalue weighted by molar-refractivity contribution is 6.83. The number of hydrogen-bond donors (Lipinski definition) is 1. The number of carbonyl (C=O) groups excluding carboxylic acids is 1. The molecule has 1 N–H and O–H groups in total. The van der Waals surface area contributed by atoms with Crippen molar-refractivity contribution in [2.45, 2.75) is 33.5 Å². The molecule has 102 valence electrons. The number of aromatic nitrogens is 1. The zero-order valence-electron chi connectivity index (χ0n) is 12.0. The zero-order valence-corrected chi connectivity index (χ0v) is 13.0. The first-order valence-corrected chi connectivity index (χ1v) is 9.69. The third kappa shape index (κ3) is 4.41. The molecule has 0 bridgehead atoms. The lowest BCUT2D eigenvalue weighted by molar-refractivity contribution is 0.0525. The van der Waals surface area contributed by atoms with Gasteiger partial charge in [0.1, 0.15) is 8.07 Å². The number of esters is 1. The molecule has 0 saturated heterocycles. The van der Waals surface area contributed by atoms with Gasteiger partial charge in [-0.15, -0.1) is 5.54 Å². The molecule has 1 aromatic rings. The summed E-state index contributed by atoms with van der Waals surface area (Å²) < 4.78 is 4.95. The number of ether oxygens (including phenoxy) is 1. The summed E-state index contributed by atoms with van der Waals surface area (Å²) in [7, 11) is -1.57.